The Kier molecular flexibility index (Phi) is 4.68. The summed E-state index contributed by atoms with van der Waals surface area (Å²) in [6.45, 7) is 3.63. The van der Waals surface area contributed by atoms with Gasteiger partial charge in [-0.3, -0.25) is 4.98 Å². The highest BCUT2D eigenvalue weighted by Gasteiger charge is 2.54. The van der Waals surface area contributed by atoms with Crippen LogP contribution in [0.1, 0.15) is 24.1 Å². The third-order valence-electron chi connectivity index (χ3n) is 6.61. The monoisotopic (exact) mass is 433 g/mol. The van der Waals surface area contributed by atoms with Crippen LogP contribution in [0.4, 0.5) is 10.2 Å². The average Bonchev–Trinajstić information content (AvgIpc) is 2.77. The van der Waals surface area contributed by atoms with Crippen molar-refractivity contribution >= 4 is 5.82 Å². The van der Waals surface area contributed by atoms with E-state index in [9.17, 15) is 4.39 Å². The lowest BCUT2D eigenvalue weighted by Gasteiger charge is -2.59. The molecule has 0 amide bonds. The molecule has 32 heavy (non-hydrogen) atoms. The first-order valence-electron chi connectivity index (χ1n) is 11.0. The molecule has 1 spiro atoms. The van der Waals surface area contributed by atoms with Gasteiger partial charge in [0.2, 0.25) is 0 Å². The molecule has 2 fully saturated rings. The van der Waals surface area contributed by atoms with Crippen LogP contribution in [0.5, 0.6) is 17.2 Å². The topological polar surface area (TPSA) is 72.4 Å². The number of nitrogens with one attached hydrogen (secondary N) is 1. The van der Waals surface area contributed by atoms with Crippen LogP contribution in [-0.2, 0) is 13.0 Å². The van der Waals surface area contributed by atoms with Gasteiger partial charge in [0.25, 0.3) is 0 Å². The summed E-state index contributed by atoms with van der Waals surface area (Å²) in [6, 6.07) is 7.95. The Hall–Kier alpha value is -3.26. The first kappa shape index (κ1) is 19.4. The predicted molar refractivity (Wildman–Crippen MR) is 116 cm³/mol. The molecule has 1 aliphatic carbocycles. The summed E-state index contributed by atoms with van der Waals surface area (Å²) in [5.74, 6) is 2.59. The molecule has 1 aromatic carbocycles. The van der Waals surface area contributed by atoms with Crippen LogP contribution in [-0.4, -0.2) is 40.7 Å². The fraction of sp³-hybridized carbons (Fsp3) is 0.375. The van der Waals surface area contributed by atoms with Gasteiger partial charge in [0.05, 0.1) is 6.20 Å². The van der Waals surface area contributed by atoms with E-state index in [1.807, 2.05) is 12.3 Å². The van der Waals surface area contributed by atoms with Gasteiger partial charge >= 0.3 is 0 Å². The minimum Gasteiger partial charge on any atom is -0.490 e. The van der Waals surface area contributed by atoms with Gasteiger partial charge in [-0.2, -0.15) is 0 Å². The normalized spacial score (nSPS) is 19.1. The first-order chi connectivity index (χ1) is 15.7. The Labute approximate surface area is 185 Å². The minimum atomic E-state index is -0.295. The number of aromatic nitrogens is 3. The highest BCUT2D eigenvalue weighted by atomic mass is 19.1. The Morgan fingerprint density at radius 1 is 1.06 bits per heavy atom. The summed E-state index contributed by atoms with van der Waals surface area (Å²) in [6.07, 6.45) is 8.31. The fourth-order valence-corrected chi connectivity index (χ4v) is 5.04. The lowest BCUT2D eigenvalue weighted by molar-refractivity contribution is -0.0349. The first-order valence-corrected chi connectivity index (χ1v) is 11.0. The van der Waals surface area contributed by atoms with Crippen molar-refractivity contribution in [3.8, 4) is 17.2 Å². The Balaban J connectivity index is 1.08. The van der Waals surface area contributed by atoms with E-state index in [4.69, 9.17) is 9.47 Å². The summed E-state index contributed by atoms with van der Waals surface area (Å²) in [4.78, 5) is 15.3. The van der Waals surface area contributed by atoms with Crippen molar-refractivity contribution in [3.05, 3.63) is 66.1 Å². The second-order valence-electron chi connectivity index (χ2n) is 8.93. The summed E-state index contributed by atoms with van der Waals surface area (Å²) in [7, 11) is 0. The number of hydrogen-bond donors (Lipinski definition) is 1. The van der Waals surface area contributed by atoms with Crippen LogP contribution < -0.4 is 19.7 Å². The summed E-state index contributed by atoms with van der Waals surface area (Å²) in [5, 5.41) is 3.41. The van der Waals surface area contributed by atoms with E-state index in [1.165, 1.54) is 24.0 Å². The van der Waals surface area contributed by atoms with Crippen LogP contribution in [0.15, 0.2) is 49.1 Å². The molecule has 0 radical (unpaired) electrons. The number of benzene rings is 1. The molecule has 1 saturated heterocycles. The lowest BCUT2D eigenvalue weighted by atomic mass is 9.61. The Morgan fingerprint density at radius 3 is 2.75 bits per heavy atom. The molecule has 2 aliphatic heterocycles. The van der Waals surface area contributed by atoms with Gasteiger partial charge in [-0.25, -0.2) is 14.4 Å². The fourth-order valence-electron chi connectivity index (χ4n) is 5.04. The van der Waals surface area contributed by atoms with Gasteiger partial charge in [0, 0.05) is 55.5 Å². The highest BCUT2D eigenvalue weighted by molar-refractivity contribution is 5.55. The van der Waals surface area contributed by atoms with Crippen LogP contribution in [0, 0.1) is 11.2 Å². The molecule has 0 atom stereocenters. The third-order valence-corrected chi connectivity index (χ3v) is 6.61. The molecular formula is C24H24FN5O2. The van der Waals surface area contributed by atoms with Crippen molar-refractivity contribution in [1.29, 1.82) is 0 Å². The van der Waals surface area contributed by atoms with Crippen LogP contribution in [0.25, 0.3) is 0 Å². The van der Waals surface area contributed by atoms with Crippen molar-refractivity contribution in [2.75, 3.05) is 24.5 Å². The van der Waals surface area contributed by atoms with Gasteiger partial charge in [0.1, 0.15) is 29.7 Å². The maximum Gasteiger partial charge on any atom is 0.188 e. The molecule has 1 saturated carbocycles. The Bertz CT molecular complexity index is 1130. The SMILES string of the molecule is Fc1ccc(Oc2cncnc2N2CC3(CC(Oc4ccnc5c4CNCC5)C3)C2)cc1. The number of pyridine rings is 1. The van der Waals surface area contributed by atoms with Gasteiger partial charge in [-0.05, 0) is 43.2 Å². The van der Waals surface area contributed by atoms with Crippen molar-refractivity contribution in [3.63, 3.8) is 0 Å². The standard InChI is InChI=1S/C24H24FN5O2/c25-16-1-3-17(4-2-16)31-22-12-27-15-29-23(22)30-13-24(14-30)9-18(10-24)32-21-6-8-28-20-5-7-26-11-19(20)21/h1-4,6,8,12,15,18,26H,5,7,9-11,13-14H2. The second-order valence-corrected chi connectivity index (χ2v) is 8.93. The lowest BCUT2D eigenvalue weighted by Crippen LogP contribution is -2.65. The van der Waals surface area contributed by atoms with E-state index >= 15 is 0 Å². The van der Waals surface area contributed by atoms with Crippen molar-refractivity contribution in [2.24, 2.45) is 5.41 Å². The molecular weight excluding hydrogens is 409 g/mol. The van der Waals surface area contributed by atoms with Crippen molar-refractivity contribution < 1.29 is 13.9 Å². The van der Waals surface area contributed by atoms with Gasteiger partial charge < -0.3 is 19.7 Å². The molecule has 7 nitrogen and oxygen atoms in total. The number of rotatable bonds is 5. The quantitative estimate of drug-likeness (QED) is 0.660. The van der Waals surface area contributed by atoms with E-state index < -0.39 is 0 Å². The van der Waals surface area contributed by atoms with E-state index in [1.54, 1.807) is 18.3 Å². The molecule has 0 bridgehead atoms. The molecule has 6 rings (SSSR count). The number of nitrogens with zero attached hydrogens (tertiary/aromatic N) is 4. The maximum atomic E-state index is 13.2. The van der Waals surface area contributed by atoms with Crippen LogP contribution >= 0.6 is 0 Å². The van der Waals surface area contributed by atoms with E-state index in [2.05, 4.69) is 25.2 Å². The van der Waals surface area contributed by atoms with E-state index in [0.29, 0.717) is 11.5 Å². The number of halogens is 1. The van der Waals surface area contributed by atoms with Crippen molar-refractivity contribution in [2.45, 2.75) is 31.9 Å². The molecule has 164 valence electrons. The zero-order valence-electron chi connectivity index (χ0n) is 17.6. The van der Waals surface area contributed by atoms with Gasteiger partial charge in [0.15, 0.2) is 11.6 Å². The molecule has 4 heterocycles. The maximum absolute atomic E-state index is 13.2. The number of hydrogen-bond acceptors (Lipinski definition) is 7. The number of fused-ring (bicyclic) bond motifs is 1. The number of anilines is 1. The summed E-state index contributed by atoms with van der Waals surface area (Å²) < 4.78 is 25.5. The second kappa shape index (κ2) is 7.70. The third kappa shape index (κ3) is 3.54. The van der Waals surface area contributed by atoms with Crippen molar-refractivity contribution in [1.82, 2.24) is 20.3 Å². The van der Waals surface area contributed by atoms with Crippen LogP contribution in [0.2, 0.25) is 0 Å². The largest absolute Gasteiger partial charge is 0.490 e. The molecule has 8 heteroatoms. The molecule has 2 aromatic heterocycles. The summed E-state index contributed by atoms with van der Waals surface area (Å²) in [5.41, 5.74) is 2.63. The number of ether oxygens (including phenoxy) is 2. The average molecular weight is 433 g/mol. The molecule has 3 aromatic rings. The Morgan fingerprint density at radius 2 is 1.91 bits per heavy atom. The van der Waals surface area contributed by atoms with E-state index in [0.717, 1.165) is 62.7 Å². The highest BCUT2D eigenvalue weighted by Crippen LogP contribution is 2.52. The zero-order chi connectivity index (χ0) is 21.5. The predicted octanol–water partition coefficient (Wildman–Crippen LogP) is 3.50. The van der Waals surface area contributed by atoms with Gasteiger partial charge in [-0.1, -0.05) is 0 Å². The molecule has 0 unspecified atom stereocenters. The molecule has 3 aliphatic rings. The summed E-state index contributed by atoms with van der Waals surface area (Å²) >= 11 is 0. The van der Waals surface area contributed by atoms with E-state index in [-0.39, 0.29) is 17.3 Å². The van der Waals surface area contributed by atoms with Gasteiger partial charge in [-0.15, -0.1) is 0 Å². The molecule has 1 N–H and O–H groups in total. The minimum absolute atomic E-state index is 0.242. The smallest absolute Gasteiger partial charge is 0.188 e. The van der Waals surface area contributed by atoms with Crippen LogP contribution in [0.3, 0.4) is 0 Å². The zero-order valence-corrected chi connectivity index (χ0v) is 17.6.